The predicted octanol–water partition coefficient (Wildman–Crippen LogP) is 2.19. The van der Waals surface area contributed by atoms with E-state index in [1.807, 2.05) is 0 Å². The van der Waals surface area contributed by atoms with Crippen LogP contribution in [0.15, 0.2) is 0 Å². The summed E-state index contributed by atoms with van der Waals surface area (Å²) in [5.41, 5.74) is 0. The number of hydrogen-bond acceptors (Lipinski definition) is 2. The maximum Gasteiger partial charge on any atom is 0.260 e. The second-order valence-electron chi connectivity index (χ2n) is 4.08. The van der Waals surface area contributed by atoms with Crippen molar-refractivity contribution < 1.29 is 13.5 Å². The average Bonchev–Trinajstić information content (AvgIpc) is 2.31. The topological polar surface area (TPSA) is 21.3 Å². The third-order valence-electron chi connectivity index (χ3n) is 2.70. The number of hydrogen-bond donors (Lipinski definition) is 1. The van der Waals surface area contributed by atoms with Crippen molar-refractivity contribution in [1.82, 2.24) is 5.32 Å². The maximum atomic E-state index is 12.9. The molecule has 1 saturated heterocycles. The third-order valence-corrected chi connectivity index (χ3v) is 2.70. The molecule has 0 radical (unpaired) electrons. The molecule has 0 spiro atoms. The summed E-state index contributed by atoms with van der Waals surface area (Å²) in [5.74, 6) is -2.65. The second kappa shape index (κ2) is 5.03. The van der Waals surface area contributed by atoms with Gasteiger partial charge in [-0.3, -0.25) is 0 Å². The molecule has 4 heteroatoms. The summed E-state index contributed by atoms with van der Waals surface area (Å²) in [6.07, 6.45) is 2.72. The van der Waals surface area contributed by atoms with Gasteiger partial charge in [-0.15, -0.1) is 0 Å². The van der Waals surface area contributed by atoms with Gasteiger partial charge in [0, 0.05) is 26.2 Å². The van der Waals surface area contributed by atoms with Crippen LogP contribution in [0.1, 0.15) is 33.1 Å². The van der Waals surface area contributed by atoms with Crippen molar-refractivity contribution >= 4 is 0 Å². The molecule has 0 amide bonds. The van der Waals surface area contributed by atoms with Gasteiger partial charge in [-0.25, -0.2) is 8.78 Å². The van der Waals surface area contributed by atoms with Crippen LogP contribution in [-0.2, 0) is 4.74 Å². The van der Waals surface area contributed by atoms with Crippen LogP contribution in [0, 0.1) is 0 Å². The van der Waals surface area contributed by atoms with E-state index in [0.717, 1.165) is 32.8 Å². The van der Waals surface area contributed by atoms with Gasteiger partial charge in [-0.2, -0.15) is 0 Å². The first-order valence-electron chi connectivity index (χ1n) is 5.22. The van der Waals surface area contributed by atoms with Crippen LogP contribution in [0.5, 0.6) is 0 Å². The fourth-order valence-corrected chi connectivity index (χ4v) is 1.57. The Bertz CT molecular complexity index is 162. The van der Waals surface area contributed by atoms with E-state index in [2.05, 4.69) is 5.32 Å². The number of rotatable bonds is 3. The highest BCUT2D eigenvalue weighted by molar-refractivity contribution is 4.80. The van der Waals surface area contributed by atoms with E-state index in [9.17, 15) is 8.78 Å². The summed E-state index contributed by atoms with van der Waals surface area (Å²) in [7, 11) is 0. The van der Waals surface area contributed by atoms with Crippen molar-refractivity contribution in [2.75, 3.05) is 13.2 Å². The Morgan fingerprint density at radius 1 is 1.36 bits per heavy atom. The molecule has 0 aliphatic carbocycles. The minimum atomic E-state index is -2.65. The van der Waals surface area contributed by atoms with Gasteiger partial charge in [0.2, 0.25) is 0 Å². The molecule has 0 aromatic carbocycles. The third kappa shape index (κ3) is 3.88. The molecule has 1 rings (SSSR count). The molecule has 1 aliphatic rings. The van der Waals surface area contributed by atoms with E-state index in [-0.39, 0.29) is 6.04 Å². The number of ether oxygens (including phenoxy) is 1. The second-order valence-corrected chi connectivity index (χ2v) is 4.08. The number of halogens is 2. The zero-order chi connectivity index (χ0) is 10.6. The van der Waals surface area contributed by atoms with Gasteiger partial charge in [0.05, 0.1) is 6.04 Å². The van der Waals surface area contributed by atoms with E-state index in [1.165, 1.54) is 6.92 Å². The van der Waals surface area contributed by atoms with Gasteiger partial charge < -0.3 is 10.1 Å². The zero-order valence-corrected chi connectivity index (χ0v) is 8.85. The Labute approximate surface area is 84.0 Å². The predicted molar refractivity (Wildman–Crippen MR) is 51.7 cm³/mol. The van der Waals surface area contributed by atoms with Crippen LogP contribution in [0.3, 0.4) is 0 Å². The molecule has 2 nitrogen and oxygen atoms in total. The molecule has 1 fully saturated rings. The molecule has 0 bridgehead atoms. The van der Waals surface area contributed by atoms with Gasteiger partial charge in [0.1, 0.15) is 0 Å². The normalized spacial score (nSPS) is 27.0. The average molecular weight is 207 g/mol. The SMILES string of the molecule is C[C@H](N[C@H]1CCCOCC1)C(C)(F)F. The van der Waals surface area contributed by atoms with Crippen LogP contribution >= 0.6 is 0 Å². The highest BCUT2D eigenvalue weighted by atomic mass is 19.3. The van der Waals surface area contributed by atoms with Gasteiger partial charge in [0.15, 0.2) is 0 Å². The Kier molecular flexibility index (Phi) is 4.26. The van der Waals surface area contributed by atoms with E-state index < -0.39 is 12.0 Å². The fraction of sp³-hybridized carbons (Fsp3) is 1.00. The lowest BCUT2D eigenvalue weighted by atomic mass is 10.1. The van der Waals surface area contributed by atoms with Crippen molar-refractivity contribution in [3.05, 3.63) is 0 Å². The highest BCUT2D eigenvalue weighted by Crippen LogP contribution is 2.19. The summed E-state index contributed by atoms with van der Waals surface area (Å²) in [4.78, 5) is 0. The summed E-state index contributed by atoms with van der Waals surface area (Å²) in [5, 5.41) is 2.97. The van der Waals surface area contributed by atoms with Crippen LogP contribution in [-0.4, -0.2) is 31.2 Å². The van der Waals surface area contributed by atoms with Crippen molar-refractivity contribution in [2.24, 2.45) is 0 Å². The maximum absolute atomic E-state index is 12.9. The number of alkyl halides is 2. The molecule has 1 N–H and O–H groups in total. The van der Waals surface area contributed by atoms with Crippen LogP contribution < -0.4 is 5.32 Å². The van der Waals surface area contributed by atoms with Crippen molar-refractivity contribution in [1.29, 1.82) is 0 Å². The Balaban J connectivity index is 2.34. The monoisotopic (exact) mass is 207 g/mol. The van der Waals surface area contributed by atoms with Crippen LogP contribution in [0.4, 0.5) is 8.78 Å². The smallest absolute Gasteiger partial charge is 0.260 e. The Morgan fingerprint density at radius 2 is 2.07 bits per heavy atom. The molecule has 0 aromatic rings. The van der Waals surface area contributed by atoms with Crippen molar-refractivity contribution in [3.63, 3.8) is 0 Å². The van der Waals surface area contributed by atoms with Gasteiger partial charge in [0.25, 0.3) is 5.92 Å². The highest BCUT2D eigenvalue weighted by Gasteiger charge is 2.31. The van der Waals surface area contributed by atoms with Crippen molar-refractivity contribution in [2.45, 2.75) is 51.1 Å². The molecule has 1 aliphatic heterocycles. The van der Waals surface area contributed by atoms with Gasteiger partial charge >= 0.3 is 0 Å². The van der Waals surface area contributed by atoms with E-state index in [0.29, 0.717) is 6.61 Å². The van der Waals surface area contributed by atoms with Crippen LogP contribution in [0.25, 0.3) is 0 Å². The lowest BCUT2D eigenvalue weighted by Gasteiger charge is -2.25. The molecule has 1 heterocycles. The fourth-order valence-electron chi connectivity index (χ4n) is 1.57. The molecule has 2 atom stereocenters. The van der Waals surface area contributed by atoms with Gasteiger partial charge in [-0.05, 0) is 26.2 Å². The largest absolute Gasteiger partial charge is 0.381 e. The summed E-state index contributed by atoms with van der Waals surface area (Å²) in [6, 6.07) is -0.580. The first kappa shape index (κ1) is 11.9. The quantitative estimate of drug-likeness (QED) is 0.766. The lowest BCUT2D eigenvalue weighted by molar-refractivity contribution is -0.0165. The van der Waals surface area contributed by atoms with Gasteiger partial charge in [-0.1, -0.05) is 0 Å². The molecule has 0 saturated carbocycles. The number of nitrogens with one attached hydrogen (secondary N) is 1. The molecule has 14 heavy (non-hydrogen) atoms. The molecule has 0 unspecified atom stereocenters. The summed E-state index contributed by atoms with van der Waals surface area (Å²) >= 11 is 0. The van der Waals surface area contributed by atoms with E-state index >= 15 is 0 Å². The minimum absolute atomic E-state index is 0.179. The standard InChI is InChI=1S/C10H19F2NO/c1-8(10(2,11)12)13-9-4-3-6-14-7-5-9/h8-9,13H,3-7H2,1-2H3/t8-,9-/m0/s1. The first-order chi connectivity index (χ1) is 6.50. The Morgan fingerprint density at radius 3 is 2.71 bits per heavy atom. The zero-order valence-electron chi connectivity index (χ0n) is 8.85. The summed E-state index contributed by atoms with van der Waals surface area (Å²) in [6.45, 7) is 3.93. The minimum Gasteiger partial charge on any atom is -0.381 e. The first-order valence-corrected chi connectivity index (χ1v) is 5.22. The summed E-state index contributed by atoms with van der Waals surface area (Å²) < 4.78 is 31.0. The Hall–Kier alpha value is -0.220. The van der Waals surface area contributed by atoms with Crippen LogP contribution in [0.2, 0.25) is 0 Å². The molecular formula is C10H19F2NO. The van der Waals surface area contributed by atoms with E-state index in [1.54, 1.807) is 0 Å². The molecule has 0 aromatic heterocycles. The lowest BCUT2D eigenvalue weighted by Crippen LogP contribution is -2.46. The molecular weight excluding hydrogens is 188 g/mol. The van der Waals surface area contributed by atoms with Crippen molar-refractivity contribution in [3.8, 4) is 0 Å². The molecule has 84 valence electrons. The van der Waals surface area contributed by atoms with E-state index in [4.69, 9.17) is 4.74 Å².